The summed E-state index contributed by atoms with van der Waals surface area (Å²) in [5.74, 6) is 0.252. The van der Waals surface area contributed by atoms with E-state index in [9.17, 15) is 9.59 Å². The predicted molar refractivity (Wildman–Crippen MR) is 94.8 cm³/mol. The maximum absolute atomic E-state index is 12.0. The minimum atomic E-state index is -0.405. The van der Waals surface area contributed by atoms with Gasteiger partial charge in [-0.25, -0.2) is 9.78 Å². The van der Waals surface area contributed by atoms with Gasteiger partial charge in [0, 0.05) is 18.2 Å². The van der Waals surface area contributed by atoms with Crippen molar-refractivity contribution in [3.63, 3.8) is 0 Å². The summed E-state index contributed by atoms with van der Waals surface area (Å²) in [6, 6.07) is 5.62. The van der Waals surface area contributed by atoms with Crippen LogP contribution in [0.25, 0.3) is 11.8 Å². The van der Waals surface area contributed by atoms with Gasteiger partial charge in [-0.2, -0.15) is 0 Å². The van der Waals surface area contributed by atoms with E-state index in [2.05, 4.69) is 4.98 Å². The number of nitrogens with zero attached hydrogens (tertiary/aromatic N) is 2. The van der Waals surface area contributed by atoms with Crippen molar-refractivity contribution in [2.24, 2.45) is 0 Å². The Kier molecular flexibility index (Phi) is 6.51. The van der Waals surface area contributed by atoms with E-state index in [1.54, 1.807) is 26.4 Å². The van der Waals surface area contributed by atoms with Crippen molar-refractivity contribution in [2.45, 2.75) is 26.7 Å². The summed E-state index contributed by atoms with van der Waals surface area (Å²) < 4.78 is 12.4. The normalized spacial score (nSPS) is 11.2. The van der Waals surface area contributed by atoms with Gasteiger partial charge in [0.15, 0.2) is 0 Å². The highest BCUT2D eigenvalue weighted by Gasteiger charge is 2.12. The number of methoxy groups -OCH3 is 1. The van der Waals surface area contributed by atoms with Gasteiger partial charge in [-0.3, -0.25) is 0 Å². The number of esters is 1. The number of benzene rings is 1. The summed E-state index contributed by atoms with van der Waals surface area (Å²) in [5.41, 5.74) is 3.02. The molecule has 0 radical (unpaired) electrons. The molecule has 1 aromatic heterocycles. The maximum Gasteiger partial charge on any atom is 0.334 e. The maximum atomic E-state index is 12.0. The van der Waals surface area contributed by atoms with E-state index in [0.29, 0.717) is 24.4 Å². The van der Waals surface area contributed by atoms with Crippen LogP contribution in [-0.2, 0) is 14.3 Å². The average Bonchev–Trinajstić information content (AvgIpc) is 3.04. The third kappa shape index (κ3) is 4.79. The molecule has 0 N–H and O–H groups in total. The Balaban J connectivity index is 2.36. The third-order valence-electron chi connectivity index (χ3n) is 3.60. The van der Waals surface area contributed by atoms with E-state index in [1.807, 2.05) is 35.9 Å². The molecule has 0 saturated carbocycles. The van der Waals surface area contributed by atoms with Crippen LogP contribution >= 0.6 is 0 Å². The van der Waals surface area contributed by atoms with E-state index in [1.165, 1.54) is 0 Å². The summed E-state index contributed by atoms with van der Waals surface area (Å²) >= 11 is 0. The molecule has 2 aromatic rings. The van der Waals surface area contributed by atoms with Crippen LogP contribution in [0.2, 0.25) is 0 Å². The van der Waals surface area contributed by atoms with Crippen molar-refractivity contribution in [3.05, 3.63) is 47.6 Å². The number of aldehydes is 1. The zero-order valence-electron chi connectivity index (χ0n) is 14.7. The van der Waals surface area contributed by atoms with Crippen LogP contribution in [-0.4, -0.2) is 35.5 Å². The van der Waals surface area contributed by atoms with Crippen LogP contribution in [0, 0.1) is 6.92 Å². The molecule has 0 bridgehead atoms. The minimum Gasteiger partial charge on any atom is -0.495 e. The van der Waals surface area contributed by atoms with Crippen molar-refractivity contribution >= 4 is 18.3 Å². The molecule has 0 unspecified atom stereocenters. The SMILES string of the molecule is CCOC(=O)/C(=C/c1ccc(-n2cnc(C)c2)c(OC)c1)CCC=O. The number of carbonyl (C=O) groups excluding carboxylic acids is 2. The molecule has 6 nitrogen and oxygen atoms in total. The van der Waals surface area contributed by atoms with Crippen molar-refractivity contribution < 1.29 is 19.1 Å². The molecular weight excluding hydrogens is 320 g/mol. The van der Waals surface area contributed by atoms with Crippen molar-refractivity contribution in [1.29, 1.82) is 0 Å². The van der Waals surface area contributed by atoms with Gasteiger partial charge >= 0.3 is 5.97 Å². The van der Waals surface area contributed by atoms with Crippen LogP contribution in [0.1, 0.15) is 31.0 Å². The second kappa shape index (κ2) is 8.82. The van der Waals surface area contributed by atoms with Gasteiger partial charge in [0.05, 0.1) is 31.4 Å². The fourth-order valence-corrected chi connectivity index (χ4v) is 2.42. The Morgan fingerprint density at radius 3 is 2.76 bits per heavy atom. The van der Waals surface area contributed by atoms with Crippen LogP contribution in [0.15, 0.2) is 36.3 Å². The number of hydrogen-bond donors (Lipinski definition) is 0. The Morgan fingerprint density at radius 1 is 1.36 bits per heavy atom. The van der Waals surface area contributed by atoms with Gasteiger partial charge in [-0.1, -0.05) is 6.07 Å². The molecule has 0 fully saturated rings. The van der Waals surface area contributed by atoms with E-state index >= 15 is 0 Å². The summed E-state index contributed by atoms with van der Waals surface area (Å²) in [7, 11) is 1.59. The number of aromatic nitrogens is 2. The second-order valence-corrected chi connectivity index (χ2v) is 5.45. The van der Waals surface area contributed by atoms with Crippen LogP contribution < -0.4 is 4.74 Å². The van der Waals surface area contributed by atoms with Gasteiger partial charge in [0.1, 0.15) is 12.0 Å². The highest BCUT2D eigenvalue weighted by Crippen LogP contribution is 2.26. The molecular formula is C19H22N2O4. The quantitative estimate of drug-likeness (QED) is 0.419. The zero-order chi connectivity index (χ0) is 18.2. The first-order valence-electron chi connectivity index (χ1n) is 8.09. The van der Waals surface area contributed by atoms with Crippen LogP contribution in [0.5, 0.6) is 5.75 Å². The first-order valence-corrected chi connectivity index (χ1v) is 8.09. The van der Waals surface area contributed by atoms with Gasteiger partial charge < -0.3 is 18.8 Å². The Morgan fingerprint density at radius 2 is 2.16 bits per heavy atom. The molecule has 6 heteroatoms. The molecule has 0 aliphatic carbocycles. The van der Waals surface area contributed by atoms with Crippen LogP contribution in [0.4, 0.5) is 0 Å². The lowest BCUT2D eigenvalue weighted by atomic mass is 10.1. The van der Waals surface area contributed by atoms with Crippen LogP contribution in [0.3, 0.4) is 0 Å². The molecule has 0 aliphatic heterocycles. The molecule has 0 atom stereocenters. The third-order valence-corrected chi connectivity index (χ3v) is 3.60. The van der Waals surface area contributed by atoms with E-state index in [4.69, 9.17) is 9.47 Å². The summed E-state index contributed by atoms with van der Waals surface area (Å²) in [4.78, 5) is 26.9. The molecule has 2 rings (SSSR count). The number of ether oxygens (including phenoxy) is 2. The van der Waals surface area contributed by atoms with Gasteiger partial charge in [0.25, 0.3) is 0 Å². The fraction of sp³-hybridized carbons (Fsp3) is 0.316. The Labute approximate surface area is 147 Å². The second-order valence-electron chi connectivity index (χ2n) is 5.45. The Bertz CT molecular complexity index is 777. The predicted octanol–water partition coefficient (Wildman–Crippen LogP) is 3.11. The number of rotatable bonds is 8. The summed E-state index contributed by atoms with van der Waals surface area (Å²) in [6.07, 6.45) is 6.75. The standard InChI is InChI=1S/C19H22N2O4/c1-4-25-19(23)16(6-5-9-22)10-15-7-8-17(18(11-15)24-3)21-12-14(2)20-13-21/h7-13H,4-6H2,1-3H3/b16-10+. The van der Waals surface area contributed by atoms with E-state index in [-0.39, 0.29) is 6.42 Å². The van der Waals surface area contributed by atoms with Crippen molar-refractivity contribution in [1.82, 2.24) is 9.55 Å². The van der Waals surface area contributed by atoms with Crippen molar-refractivity contribution in [3.8, 4) is 11.4 Å². The summed E-state index contributed by atoms with van der Waals surface area (Å²) in [5, 5.41) is 0. The topological polar surface area (TPSA) is 70.4 Å². The monoisotopic (exact) mass is 342 g/mol. The van der Waals surface area contributed by atoms with Gasteiger partial charge in [-0.05, 0) is 44.0 Å². The highest BCUT2D eigenvalue weighted by atomic mass is 16.5. The molecule has 25 heavy (non-hydrogen) atoms. The molecule has 1 aromatic carbocycles. The molecule has 0 aliphatic rings. The van der Waals surface area contributed by atoms with Gasteiger partial charge in [0.2, 0.25) is 0 Å². The minimum absolute atomic E-state index is 0.272. The number of aryl methyl sites for hydroxylation is 1. The van der Waals surface area contributed by atoms with Crippen molar-refractivity contribution in [2.75, 3.05) is 13.7 Å². The largest absolute Gasteiger partial charge is 0.495 e. The molecule has 0 spiro atoms. The summed E-state index contributed by atoms with van der Waals surface area (Å²) in [6.45, 7) is 3.96. The zero-order valence-corrected chi connectivity index (χ0v) is 14.7. The molecule has 0 saturated heterocycles. The lowest BCUT2D eigenvalue weighted by Crippen LogP contribution is -2.08. The highest BCUT2D eigenvalue weighted by molar-refractivity contribution is 5.94. The van der Waals surface area contributed by atoms with Gasteiger partial charge in [-0.15, -0.1) is 0 Å². The number of hydrogen-bond acceptors (Lipinski definition) is 5. The first-order chi connectivity index (χ1) is 12.1. The lowest BCUT2D eigenvalue weighted by molar-refractivity contribution is -0.138. The Hall–Kier alpha value is -2.89. The fourth-order valence-electron chi connectivity index (χ4n) is 2.42. The molecule has 1 heterocycles. The average molecular weight is 342 g/mol. The van der Waals surface area contributed by atoms with E-state index in [0.717, 1.165) is 23.2 Å². The van der Waals surface area contributed by atoms with E-state index < -0.39 is 5.97 Å². The molecule has 132 valence electrons. The first kappa shape index (κ1) is 18.4. The number of carbonyl (C=O) groups is 2. The number of imidazole rings is 1. The molecule has 0 amide bonds. The smallest absolute Gasteiger partial charge is 0.334 e. The lowest BCUT2D eigenvalue weighted by Gasteiger charge is -2.11.